The van der Waals surface area contributed by atoms with Crippen molar-refractivity contribution in [3.63, 3.8) is 0 Å². The SMILES string of the molecule is CCCCc1cc(F)c(-c2c(O)cc(F)c(CCc3cc(F)c(OC(F)F)c(F)c3)c2F)c(F)c1. The first-order chi connectivity index (χ1) is 16.5. The van der Waals surface area contributed by atoms with Crippen molar-refractivity contribution < 1.29 is 45.0 Å². The summed E-state index contributed by atoms with van der Waals surface area (Å²) in [5, 5.41) is 10.1. The van der Waals surface area contributed by atoms with Crippen LogP contribution >= 0.6 is 0 Å². The normalized spacial score (nSPS) is 11.4. The molecule has 0 heterocycles. The van der Waals surface area contributed by atoms with Crippen molar-refractivity contribution in [3.05, 3.63) is 81.9 Å². The van der Waals surface area contributed by atoms with E-state index in [1.165, 1.54) is 0 Å². The number of unbranched alkanes of at least 4 members (excludes halogenated alkanes) is 1. The Balaban J connectivity index is 1.96. The zero-order valence-electron chi connectivity index (χ0n) is 18.4. The smallest absolute Gasteiger partial charge is 0.387 e. The number of aryl methyl sites for hydroxylation is 2. The van der Waals surface area contributed by atoms with Crippen molar-refractivity contribution in [2.75, 3.05) is 0 Å². The van der Waals surface area contributed by atoms with Crippen LogP contribution in [0.5, 0.6) is 11.5 Å². The third kappa shape index (κ3) is 5.86. The molecule has 0 saturated heterocycles. The topological polar surface area (TPSA) is 29.5 Å². The average Bonchev–Trinajstić information content (AvgIpc) is 2.76. The number of alkyl halides is 2. The Morgan fingerprint density at radius 1 is 0.714 bits per heavy atom. The minimum Gasteiger partial charge on any atom is -0.507 e. The number of halogens is 8. The third-order valence-corrected chi connectivity index (χ3v) is 5.39. The van der Waals surface area contributed by atoms with Crippen LogP contribution in [0, 0.1) is 34.9 Å². The van der Waals surface area contributed by atoms with Crippen LogP contribution in [0.3, 0.4) is 0 Å². The molecule has 35 heavy (non-hydrogen) atoms. The Kier molecular flexibility index (Phi) is 8.24. The van der Waals surface area contributed by atoms with E-state index < -0.39 is 76.1 Å². The molecule has 0 fully saturated rings. The first-order valence-electron chi connectivity index (χ1n) is 10.6. The number of ether oxygens (including phenoxy) is 1. The van der Waals surface area contributed by atoms with Crippen LogP contribution in [-0.4, -0.2) is 11.7 Å². The highest BCUT2D eigenvalue weighted by molar-refractivity contribution is 5.73. The molecule has 0 saturated carbocycles. The van der Waals surface area contributed by atoms with Crippen LogP contribution < -0.4 is 4.74 Å². The summed E-state index contributed by atoms with van der Waals surface area (Å²) >= 11 is 0. The van der Waals surface area contributed by atoms with E-state index in [0.29, 0.717) is 36.6 Å². The lowest BCUT2D eigenvalue weighted by molar-refractivity contribution is -0.0546. The van der Waals surface area contributed by atoms with Gasteiger partial charge in [-0.25, -0.2) is 26.3 Å². The van der Waals surface area contributed by atoms with Gasteiger partial charge < -0.3 is 9.84 Å². The van der Waals surface area contributed by atoms with E-state index in [-0.39, 0.29) is 12.0 Å². The van der Waals surface area contributed by atoms with E-state index in [2.05, 4.69) is 4.74 Å². The number of aromatic hydroxyl groups is 1. The Morgan fingerprint density at radius 3 is 1.80 bits per heavy atom. The van der Waals surface area contributed by atoms with Crippen molar-refractivity contribution in [3.8, 4) is 22.6 Å². The molecule has 2 nitrogen and oxygen atoms in total. The van der Waals surface area contributed by atoms with Gasteiger partial charge in [-0.15, -0.1) is 0 Å². The van der Waals surface area contributed by atoms with Crippen LogP contribution in [0.4, 0.5) is 35.1 Å². The van der Waals surface area contributed by atoms with Gasteiger partial charge in [-0.1, -0.05) is 13.3 Å². The maximum atomic E-state index is 15.2. The highest BCUT2D eigenvalue weighted by Crippen LogP contribution is 2.39. The molecule has 1 N–H and O–H groups in total. The molecule has 0 atom stereocenters. The Labute approximate surface area is 195 Å². The molecule has 3 rings (SSSR count). The zero-order chi connectivity index (χ0) is 25.9. The van der Waals surface area contributed by atoms with Crippen LogP contribution in [0.2, 0.25) is 0 Å². The van der Waals surface area contributed by atoms with Crippen molar-refractivity contribution in [2.45, 2.75) is 45.6 Å². The molecule has 3 aromatic rings. The molecule has 0 spiro atoms. The van der Waals surface area contributed by atoms with Crippen molar-refractivity contribution in [1.82, 2.24) is 0 Å². The molecule has 188 valence electrons. The van der Waals surface area contributed by atoms with Crippen molar-refractivity contribution in [2.24, 2.45) is 0 Å². The summed E-state index contributed by atoms with van der Waals surface area (Å²) < 4.78 is 115. The maximum absolute atomic E-state index is 15.2. The Hall–Kier alpha value is -3.30. The van der Waals surface area contributed by atoms with E-state index in [0.717, 1.165) is 18.6 Å². The number of hydrogen-bond donors (Lipinski definition) is 1. The molecule has 10 heteroatoms. The van der Waals surface area contributed by atoms with Gasteiger partial charge in [-0.2, -0.15) is 8.78 Å². The first kappa shape index (κ1) is 26.3. The van der Waals surface area contributed by atoms with Gasteiger partial charge in [0.15, 0.2) is 17.4 Å². The molecule has 0 aliphatic heterocycles. The van der Waals surface area contributed by atoms with Crippen LogP contribution in [0.1, 0.15) is 36.5 Å². The highest BCUT2D eigenvalue weighted by atomic mass is 19.3. The number of benzene rings is 3. The molecular formula is C25H20F8O2. The molecule has 0 unspecified atom stereocenters. The van der Waals surface area contributed by atoms with E-state index in [9.17, 15) is 35.8 Å². The van der Waals surface area contributed by atoms with E-state index in [1.807, 2.05) is 6.92 Å². The van der Waals surface area contributed by atoms with Crippen molar-refractivity contribution in [1.29, 1.82) is 0 Å². The second-order valence-electron chi connectivity index (χ2n) is 7.85. The molecule has 3 aromatic carbocycles. The standard InChI is InChI=1S/C25H20F8O2/c1-2-3-4-12-7-16(27)21(17(28)8-12)22-20(34)11-15(26)14(23(22)31)6-5-13-9-18(29)24(19(30)10-13)35-25(32)33/h7-11,25,34H,2-6H2,1H3. The molecular weight excluding hydrogens is 484 g/mol. The molecule has 0 radical (unpaired) electrons. The van der Waals surface area contributed by atoms with Gasteiger partial charge in [-0.3, -0.25) is 0 Å². The molecule has 0 aliphatic rings. The second kappa shape index (κ2) is 11.0. The Bertz CT molecular complexity index is 1180. The highest BCUT2D eigenvalue weighted by Gasteiger charge is 2.25. The number of rotatable bonds is 9. The van der Waals surface area contributed by atoms with Gasteiger partial charge in [0.2, 0.25) is 0 Å². The summed E-state index contributed by atoms with van der Waals surface area (Å²) in [5.74, 6) is -10.2. The van der Waals surface area contributed by atoms with Gasteiger partial charge in [0.25, 0.3) is 0 Å². The van der Waals surface area contributed by atoms with E-state index >= 15 is 4.39 Å². The summed E-state index contributed by atoms with van der Waals surface area (Å²) in [7, 11) is 0. The summed E-state index contributed by atoms with van der Waals surface area (Å²) in [6.07, 6.45) is 0.910. The van der Waals surface area contributed by atoms with Gasteiger partial charge in [0.1, 0.15) is 29.0 Å². The maximum Gasteiger partial charge on any atom is 0.387 e. The lowest BCUT2D eigenvalue weighted by Crippen LogP contribution is -2.07. The summed E-state index contributed by atoms with van der Waals surface area (Å²) in [4.78, 5) is 0. The predicted octanol–water partition coefficient (Wildman–Crippen LogP) is 7.62. The summed E-state index contributed by atoms with van der Waals surface area (Å²) in [6, 6.07) is 3.81. The number of hydrogen-bond acceptors (Lipinski definition) is 2. The monoisotopic (exact) mass is 504 g/mol. The lowest BCUT2D eigenvalue weighted by atomic mass is 9.94. The number of phenolic OH excluding ortho intramolecular Hbond substituents is 1. The van der Waals surface area contributed by atoms with Gasteiger partial charge in [-0.05, 0) is 61.1 Å². The van der Waals surface area contributed by atoms with Crippen LogP contribution in [-0.2, 0) is 19.3 Å². The second-order valence-corrected chi connectivity index (χ2v) is 7.85. The Morgan fingerprint density at radius 2 is 1.26 bits per heavy atom. The number of phenols is 1. The van der Waals surface area contributed by atoms with E-state index in [4.69, 9.17) is 0 Å². The molecule has 0 aliphatic carbocycles. The van der Waals surface area contributed by atoms with Gasteiger partial charge in [0.05, 0.1) is 11.1 Å². The fourth-order valence-corrected chi connectivity index (χ4v) is 3.73. The third-order valence-electron chi connectivity index (χ3n) is 5.39. The quantitative estimate of drug-likeness (QED) is 0.304. The predicted molar refractivity (Wildman–Crippen MR) is 112 cm³/mol. The van der Waals surface area contributed by atoms with E-state index in [1.54, 1.807) is 0 Å². The van der Waals surface area contributed by atoms with Crippen LogP contribution in [0.25, 0.3) is 11.1 Å². The fourth-order valence-electron chi connectivity index (χ4n) is 3.73. The minimum absolute atomic E-state index is 0.146. The van der Waals surface area contributed by atoms with Gasteiger partial charge >= 0.3 is 6.61 Å². The summed E-state index contributed by atoms with van der Waals surface area (Å²) in [5.41, 5.74) is -2.28. The summed E-state index contributed by atoms with van der Waals surface area (Å²) in [6.45, 7) is -1.58. The average molecular weight is 504 g/mol. The van der Waals surface area contributed by atoms with Crippen LogP contribution in [0.15, 0.2) is 30.3 Å². The molecule has 0 amide bonds. The zero-order valence-corrected chi connectivity index (χ0v) is 18.4. The fraction of sp³-hybridized carbons (Fsp3) is 0.280. The molecule has 0 aromatic heterocycles. The minimum atomic E-state index is -3.47. The van der Waals surface area contributed by atoms with Crippen molar-refractivity contribution >= 4 is 0 Å². The largest absolute Gasteiger partial charge is 0.507 e. The lowest BCUT2D eigenvalue weighted by Gasteiger charge is -2.15. The van der Waals surface area contributed by atoms with Gasteiger partial charge in [0, 0.05) is 11.6 Å². The molecule has 0 bridgehead atoms. The first-order valence-corrected chi connectivity index (χ1v) is 10.6.